The van der Waals surface area contributed by atoms with E-state index in [0.29, 0.717) is 17.9 Å². The minimum atomic E-state index is -0.959. The number of nitrogens with zero attached hydrogens (tertiary/aromatic N) is 1. The molecule has 1 saturated heterocycles. The van der Waals surface area contributed by atoms with E-state index in [4.69, 9.17) is 11.6 Å². The van der Waals surface area contributed by atoms with Crippen LogP contribution in [-0.4, -0.2) is 27.9 Å². The third-order valence-electron chi connectivity index (χ3n) is 4.44. The van der Waals surface area contributed by atoms with Crippen molar-refractivity contribution in [2.24, 2.45) is 5.92 Å². The molecular formula is C18H22ClNO3. The Morgan fingerprint density at radius 1 is 1.43 bits per heavy atom. The lowest BCUT2D eigenvalue weighted by Gasteiger charge is -2.42. The number of carboxylic acids is 1. The van der Waals surface area contributed by atoms with Crippen LogP contribution in [0.3, 0.4) is 0 Å². The summed E-state index contributed by atoms with van der Waals surface area (Å²) in [4.78, 5) is 26.1. The summed E-state index contributed by atoms with van der Waals surface area (Å²) in [6, 6.07) is 6.26. The van der Waals surface area contributed by atoms with Gasteiger partial charge in [-0.25, -0.2) is 4.79 Å². The zero-order chi connectivity index (χ0) is 17.0. The van der Waals surface area contributed by atoms with Gasteiger partial charge in [0, 0.05) is 10.9 Å². The maximum absolute atomic E-state index is 12.9. The van der Waals surface area contributed by atoms with Crippen LogP contribution in [0, 0.1) is 5.92 Å². The molecule has 1 N–H and O–H groups in total. The molecule has 1 aromatic carbocycles. The predicted octanol–water partition coefficient (Wildman–Crippen LogP) is 4.06. The van der Waals surface area contributed by atoms with Crippen molar-refractivity contribution in [3.63, 3.8) is 0 Å². The highest BCUT2D eigenvalue weighted by atomic mass is 35.5. The van der Waals surface area contributed by atoms with Gasteiger partial charge in [-0.3, -0.25) is 4.79 Å². The zero-order valence-corrected chi connectivity index (χ0v) is 14.0. The van der Waals surface area contributed by atoms with Crippen LogP contribution in [0.4, 0.5) is 0 Å². The number of amides is 1. The average molecular weight is 336 g/mol. The molecular weight excluding hydrogens is 314 g/mol. The molecule has 3 atom stereocenters. The van der Waals surface area contributed by atoms with Gasteiger partial charge in [-0.05, 0) is 43.4 Å². The molecule has 0 saturated carbocycles. The number of rotatable bonds is 6. The molecule has 4 nitrogen and oxygen atoms in total. The maximum Gasteiger partial charge on any atom is 0.326 e. The number of carbonyl (C=O) groups excluding carboxylic acids is 1. The van der Waals surface area contributed by atoms with Crippen molar-refractivity contribution in [1.29, 1.82) is 0 Å². The lowest BCUT2D eigenvalue weighted by atomic mass is 9.85. The molecule has 124 valence electrons. The predicted molar refractivity (Wildman–Crippen MR) is 90.3 cm³/mol. The van der Waals surface area contributed by atoms with Gasteiger partial charge >= 0.3 is 5.97 Å². The number of likely N-dealkylation sites (tertiary alicyclic amines) is 1. The Kier molecular flexibility index (Phi) is 5.83. The second kappa shape index (κ2) is 7.64. The van der Waals surface area contributed by atoms with E-state index in [2.05, 4.69) is 6.58 Å². The van der Waals surface area contributed by atoms with Gasteiger partial charge in [-0.15, -0.1) is 6.58 Å². The van der Waals surface area contributed by atoms with Crippen LogP contribution in [0.2, 0.25) is 5.02 Å². The second-order valence-corrected chi connectivity index (χ2v) is 6.31. The van der Waals surface area contributed by atoms with Crippen LogP contribution in [0.5, 0.6) is 0 Å². The molecule has 2 rings (SSSR count). The molecule has 5 heteroatoms. The quantitative estimate of drug-likeness (QED) is 0.797. The van der Waals surface area contributed by atoms with Gasteiger partial charge in [0.15, 0.2) is 0 Å². The first kappa shape index (κ1) is 17.5. The number of hydrogen-bond donors (Lipinski definition) is 1. The minimum absolute atomic E-state index is 0.0923. The van der Waals surface area contributed by atoms with Crippen LogP contribution in [0.1, 0.15) is 44.2 Å². The van der Waals surface area contributed by atoms with Crippen molar-refractivity contribution in [1.82, 2.24) is 4.90 Å². The van der Waals surface area contributed by atoms with E-state index in [9.17, 15) is 14.7 Å². The Morgan fingerprint density at radius 3 is 2.61 bits per heavy atom. The summed E-state index contributed by atoms with van der Waals surface area (Å²) in [5.74, 6) is -1.23. The first-order chi connectivity index (χ1) is 11.0. The summed E-state index contributed by atoms with van der Waals surface area (Å²) in [7, 11) is 0. The van der Waals surface area contributed by atoms with E-state index in [-0.39, 0.29) is 17.9 Å². The molecule has 1 fully saturated rings. The molecule has 1 aliphatic rings. The highest BCUT2D eigenvalue weighted by Gasteiger charge is 2.41. The lowest BCUT2D eigenvalue weighted by molar-refractivity contribution is -0.158. The number of halogens is 1. The highest BCUT2D eigenvalue weighted by molar-refractivity contribution is 6.30. The summed E-state index contributed by atoms with van der Waals surface area (Å²) in [5, 5.41) is 10.2. The summed E-state index contributed by atoms with van der Waals surface area (Å²) >= 11 is 5.93. The van der Waals surface area contributed by atoms with Crippen LogP contribution in [0.15, 0.2) is 36.9 Å². The molecule has 1 aromatic rings. The highest BCUT2D eigenvalue weighted by Crippen LogP contribution is 2.38. The van der Waals surface area contributed by atoms with Crippen molar-refractivity contribution in [2.45, 2.75) is 44.7 Å². The first-order valence-corrected chi connectivity index (χ1v) is 8.28. The maximum atomic E-state index is 12.9. The molecule has 0 spiro atoms. The van der Waals surface area contributed by atoms with Crippen LogP contribution in [-0.2, 0) is 9.59 Å². The number of piperidine rings is 1. The van der Waals surface area contributed by atoms with Crippen LogP contribution >= 0.6 is 11.6 Å². The van der Waals surface area contributed by atoms with Crippen LogP contribution < -0.4 is 0 Å². The smallest absolute Gasteiger partial charge is 0.326 e. The number of allylic oxidation sites excluding steroid dienone is 1. The van der Waals surface area contributed by atoms with Gasteiger partial charge in [0.2, 0.25) is 5.91 Å². The molecule has 0 radical (unpaired) electrons. The summed E-state index contributed by atoms with van der Waals surface area (Å²) in [6.07, 6.45) is 4.18. The van der Waals surface area contributed by atoms with Gasteiger partial charge in [-0.1, -0.05) is 36.7 Å². The summed E-state index contributed by atoms with van der Waals surface area (Å²) < 4.78 is 0. The third-order valence-corrected chi connectivity index (χ3v) is 4.69. The molecule has 1 aliphatic heterocycles. The second-order valence-electron chi connectivity index (χ2n) is 5.87. The lowest BCUT2D eigenvalue weighted by Crippen LogP contribution is -2.51. The van der Waals surface area contributed by atoms with Gasteiger partial charge in [0.25, 0.3) is 0 Å². The first-order valence-electron chi connectivity index (χ1n) is 7.90. The number of aliphatic carboxylic acids is 1. The molecule has 0 aromatic heterocycles. The molecule has 3 unspecified atom stereocenters. The molecule has 0 bridgehead atoms. The largest absolute Gasteiger partial charge is 0.480 e. The van der Waals surface area contributed by atoms with E-state index < -0.39 is 12.0 Å². The van der Waals surface area contributed by atoms with Crippen molar-refractivity contribution in [3.05, 3.63) is 47.5 Å². The van der Waals surface area contributed by atoms with E-state index in [1.165, 1.54) is 0 Å². The van der Waals surface area contributed by atoms with E-state index in [1.807, 2.05) is 12.1 Å². The topological polar surface area (TPSA) is 57.6 Å². The molecule has 1 heterocycles. The Bertz CT molecular complexity index is 584. The fraction of sp³-hybridized carbons (Fsp3) is 0.444. The van der Waals surface area contributed by atoms with Crippen molar-refractivity contribution in [3.8, 4) is 0 Å². The monoisotopic (exact) mass is 335 g/mol. The fourth-order valence-electron chi connectivity index (χ4n) is 3.28. The molecule has 0 aliphatic carbocycles. The average Bonchev–Trinajstić information content (AvgIpc) is 2.52. The SMILES string of the molecule is C=CCC1CCC(c2ccc(Cl)cc2)N(C(CC)C(=O)O)C1=O. The van der Waals surface area contributed by atoms with Gasteiger partial charge in [0.1, 0.15) is 6.04 Å². The summed E-state index contributed by atoms with van der Waals surface area (Å²) in [6.45, 7) is 5.49. The van der Waals surface area contributed by atoms with Gasteiger partial charge < -0.3 is 10.0 Å². The van der Waals surface area contributed by atoms with Crippen molar-refractivity contribution < 1.29 is 14.7 Å². The van der Waals surface area contributed by atoms with E-state index >= 15 is 0 Å². The normalized spacial score (nSPS) is 22.7. The molecule has 1 amide bonds. The number of carbonyl (C=O) groups is 2. The van der Waals surface area contributed by atoms with Crippen LogP contribution in [0.25, 0.3) is 0 Å². The van der Waals surface area contributed by atoms with Crippen molar-refractivity contribution in [2.75, 3.05) is 0 Å². The van der Waals surface area contributed by atoms with E-state index in [1.54, 1.807) is 30.0 Å². The summed E-state index contributed by atoms with van der Waals surface area (Å²) in [5.41, 5.74) is 0.930. The molecule has 23 heavy (non-hydrogen) atoms. The van der Waals surface area contributed by atoms with E-state index in [0.717, 1.165) is 18.4 Å². The number of carboxylic acid groups (broad SMARTS) is 1. The third kappa shape index (κ3) is 3.75. The standard InChI is InChI=1S/C18H22ClNO3/c1-3-5-13-8-11-16(12-6-9-14(19)10-7-12)20(17(13)21)15(4-2)18(22)23/h3,6-7,9-10,13,15-16H,1,4-5,8,11H2,2H3,(H,22,23). The minimum Gasteiger partial charge on any atom is -0.480 e. The zero-order valence-electron chi connectivity index (χ0n) is 13.2. The van der Waals surface area contributed by atoms with Gasteiger partial charge in [0.05, 0.1) is 6.04 Å². The van der Waals surface area contributed by atoms with Gasteiger partial charge in [-0.2, -0.15) is 0 Å². The number of benzene rings is 1. The van der Waals surface area contributed by atoms with Crippen molar-refractivity contribution >= 4 is 23.5 Å². The Morgan fingerprint density at radius 2 is 2.09 bits per heavy atom. The Labute approximate surface area is 141 Å². The Balaban J connectivity index is 2.38. The fourth-order valence-corrected chi connectivity index (χ4v) is 3.41. The Hall–Kier alpha value is -1.81. The number of hydrogen-bond acceptors (Lipinski definition) is 2.